The molecule has 1 aliphatic rings. The maximum atomic E-state index is 13.8. The number of nitrogens with zero attached hydrogens (tertiary/aromatic N) is 2. The van der Waals surface area contributed by atoms with E-state index in [1.165, 1.54) is 12.1 Å². The lowest BCUT2D eigenvalue weighted by Gasteiger charge is -2.32. The van der Waals surface area contributed by atoms with Gasteiger partial charge in [0.25, 0.3) is 5.91 Å². The van der Waals surface area contributed by atoms with Crippen molar-refractivity contribution in [3.05, 3.63) is 118 Å². The van der Waals surface area contributed by atoms with Gasteiger partial charge in [-0.05, 0) is 55.3 Å². The quantitative estimate of drug-likeness (QED) is 0.488. The molecule has 6 heteroatoms. The zero-order valence-corrected chi connectivity index (χ0v) is 19.0. The summed E-state index contributed by atoms with van der Waals surface area (Å²) in [5.74, 6) is -1.26. The molecular weight excluding hydrogens is 429 g/mol. The Balaban J connectivity index is 1.63. The lowest BCUT2D eigenvalue weighted by molar-refractivity contribution is -0.121. The van der Waals surface area contributed by atoms with Gasteiger partial charge >= 0.3 is 0 Å². The van der Waals surface area contributed by atoms with Gasteiger partial charge in [0.05, 0.1) is 29.5 Å². The molecule has 5 rings (SSSR count). The van der Waals surface area contributed by atoms with E-state index in [9.17, 15) is 14.0 Å². The smallest absolute Gasteiger partial charge is 0.252 e. The summed E-state index contributed by atoms with van der Waals surface area (Å²) in [6.45, 7) is 3.77. The van der Waals surface area contributed by atoms with Crippen LogP contribution in [0.2, 0.25) is 0 Å². The number of carbonyl (C=O) groups is 2. The van der Waals surface area contributed by atoms with Gasteiger partial charge in [0.2, 0.25) is 0 Å². The van der Waals surface area contributed by atoms with Crippen molar-refractivity contribution in [1.82, 2.24) is 15.1 Å². The van der Waals surface area contributed by atoms with Crippen molar-refractivity contribution >= 4 is 11.7 Å². The summed E-state index contributed by atoms with van der Waals surface area (Å²) in [5, 5.41) is 7.74. The number of hydrogen-bond donors (Lipinski definition) is 1. The van der Waals surface area contributed by atoms with Crippen LogP contribution >= 0.6 is 0 Å². The van der Waals surface area contributed by atoms with E-state index in [4.69, 9.17) is 5.10 Å². The molecule has 0 spiro atoms. The molecule has 0 bridgehead atoms. The number of carbonyl (C=O) groups excluding carboxylic acids is 2. The van der Waals surface area contributed by atoms with E-state index < -0.39 is 12.0 Å². The van der Waals surface area contributed by atoms with E-state index in [1.807, 2.05) is 56.3 Å². The van der Waals surface area contributed by atoms with Gasteiger partial charge in [0.1, 0.15) is 5.82 Å². The average molecular weight is 454 g/mol. The summed E-state index contributed by atoms with van der Waals surface area (Å²) < 4.78 is 15.6. The molecule has 1 amide bonds. The van der Waals surface area contributed by atoms with Crippen LogP contribution in [0.1, 0.15) is 44.4 Å². The predicted octanol–water partition coefficient (Wildman–Crippen LogP) is 4.68. The zero-order chi connectivity index (χ0) is 23.8. The van der Waals surface area contributed by atoms with Gasteiger partial charge in [-0.2, -0.15) is 5.10 Å². The zero-order valence-electron chi connectivity index (χ0n) is 19.0. The molecule has 170 valence electrons. The minimum absolute atomic E-state index is 0.110. The maximum Gasteiger partial charge on any atom is 0.252 e. The van der Waals surface area contributed by atoms with Crippen molar-refractivity contribution in [1.29, 1.82) is 0 Å². The van der Waals surface area contributed by atoms with E-state index in [-0.39, 0.29) is 23.9 Å². The van der Waals surface area contributed by atoms with E-state index in [0.717, 1.165) is 33.8 Å². The first-order chi connectivity index (χ1) is 16.4. The molecule has 1 heterocycles. The minimum Gasteiger partial charge on any atom is -0.341 e. The third-order valence-corrected chi connectivity index (χ3v) is 6.45. The SMILES string of the molecule is Cc1ccccc1C(=O)N[C@@H]1C(=O)Cc2c(c(C)nn2-c2ccccc2)[C@@H]1c1ccc(F)cc1. The Bertz CT molecular complexity index is 1380. The van der Waals surface area contributed by atoms with Crippen molar-refractivity contribution in [3.8, 4) is 5.69 Å². The highest BCUT2D eigenvalue weighted by Crippen LogP contribution is 2.39. The first-order valence-corrected chi connectivity index (χ1v) is 11.2. The normalized spacial score (nSPS) is 17.3. The molecule has 0 fully saturated rings. The number of ketones is 1. The second kappa shape index (κ2) is 8.71. The number of para-hydroxylation sites is 1. The van der Waals surface area contributed by atoms with Crippen molar-refractivity contribution in [3.63, 3.8) is 0 Å². The number of benzene rings is 3. The van der Waals surface area contributed by atoms with Crippen molar-refractivity contribution in [2.24, 2.45) is 0 Å². The Morgan fingerprint density at radius 2 is 1.65 bits per heavy atom. The summed E-state index contributed by atoms with van der Waals surface area (Å²) in [4.78, 5) is 26.7. The highest BCUT2D eigenvalue weighted by Gasteiger charge is 2.41. The average Bonchev–Trinajstić information content (AvgIpc) is 3.16. The number of aromatic nitrogens is 2. The molecule has 1 N–H and O–H groups in total. The van der Waals surface area contributed by atoms with E-state index in [1.54, 1.807) is 28.9 Å². The third kappa shape index (κ3) is 3.81. The molecule has 1 aliphatic carbocycles. The first-order valence-electron chi connectivity index (χ1n) is 11.2. The van der Waals surface area contributed by atoms with Gasteiger partial charge in [-0.1, -0.05) is 48.5 Å². The van der Waals surface area contributed by atoms with Crippen molar-refractivity contribution < 1.29 is 14.0 Å². The van der Waals surface area contributed by atoms with Gasteiger partial charge in [-0.15, -0.1) is 0 Å². The largest absolute Gasteiger partial charge is 0.341 e. The monoisotopic (exact) mass is 453 g/mol. The number of aryl methyl sites for hydroxylation is 2. The molecular formula is C28H24FN3O2. The number of hydrogen-bond acceptors (Lipinski definition) is 3. The summed E-state index contributed by atoms with van der Waals surface area (Å²) in [6.07, 6.45) is 0.140. The fraction of sp³-hybridized carbons (Fsp3) is 0.179. The summed E-state index contributed by atoms with van der Waals surface area (Å²) in [5.41, 5.74) is 5.43. The number of halogens is 1. The van der Waals surface area contributed by atoms with Crippen LogP contribution in [-0.2, 0) is 11.2 Å². The molecule has 0 unspecified atom stereocenters. The molecule has 2 atom stereocenters. The van der Waals surface area contributed by atoms with Crippen molar-refractivity contribution in [2.75, 3.05) is 0 Å². The molecule has 0 saturated heterocycles. The minimum atomic E-state index is -0.794. The Morgan fingerprint density at radius 1 is 0.971 bits per heavy atom. The number of fused-ring (bicyclic) bond motifs is 1. The summed E-state index contributed by atoms with van der Waals surface area (Å²) in [6, 6.07) is 22.2. The number of Topliss-reactive ketones (excluding diaryl/α,β-unsaturated/α-hetero) is 1. The Hall–Kier alpha value is -4.06. The van der Waals surface area contributed by atoms with Crippen LogP contribution in [0.15, 0.2) is 78.9 Å². The lowest BCUT2D eigenvalue weighted by Crippen LogP contribution is -2.49. The van der Waals surface area contributed by atoms with E-state index >= 15 is 0 Å². The molecule has 3 aromatic carbocycles. The Kier molecular flexibility index (Phi) is 5.57. The highest BCUT2D eigenvalue weighted by molar-refractivity contribution is 6.00. The summed E-state index contributed by atoms with van der Waals surface area (Å²) >= 11 is 0. The van der Waals surface area contributed by atoms with Gasteiger partial charge in [-0.3, -0.25) is 9.59 Å². The fourth-order valence-corrected chi connectivity index (χ4v) is 4.81. The van der Waals surface area contributed by atoms with Crippen LogP contribution in [-0.4, -0.2) is 27.5 Å². The molecule has 34 heavy (non-hydrogen) atoms. The first kappa shape index (κ1) is 21.8. The van der Waals surface area contributed by atoms with Crippen LogP contribution in [0.4, 0.5) is 4.39 Å². The number of nitrogens with one attached hydrogen (secondary N) is 1. The highest BCUT2D eigenvalue weighted by atomic mass is 19.1. The molecule has 0 aliphatic heterocycles. The topological polar surface area (TPSA) is 64.0 Å². The van der Waals surface area contributed by atoms with Crippen LogP contribution in [0.25, 0.3) is 5.69 Å². The second-order valence-electron chi connectivity index (χ2n) is 8.63. The van der Waals surface area contributed by atoms with Crippen molar-refractivity contribution in [2.45, 2.75) is 32.2 Å². The third-order valence-electron chi connectivity index (χ3n) is 6.45. The van der Waals surface area contributed by atoms with Crippen LogP contribution < -0.4 is 5.32 Å². The number of rotatable bonds is 4. The molecule has 0 radical (unpaired) electrons. The molecule has 1 aromatic heterocycles. The standard InChI is InChI=1S/C28H24FN3O2/c1-17-8-6-7-11-22(17)28(34)30-27-24(33)16-23-25(26(27)19-12-14-20(29)15-13-19)18(2)31-32(23)21-9-4-3-5-10-21/h3-15,26-27H,16H2,1-2H3,(H,30,34)/t26-,27+/m0/s1. The second-order valence-corrected chi connectivity index (χ2v) is 8.63. The Morgan fingerprint density at radius 3 is 2.35 bits per heavy atom. The van der Waals surface area contributed by atoms with E-state index in [0.29, 0.717) is 5.56 Å². The predicted molar refractivity (Wildman–Crippen MR) is 128 cm³/mol. The number of amides is 1. The molecule has 5 nitrogen and oxygen atoms in total. The maximum absolute atomic E-state index is 13.8. The summed E-state index contributed by atoms with van der Waals surface area (Å²) in [7, 11) is 0. The van der Waals surface area contributed by atoms with Gasteiger partial charge in [-0.25, -0.2) is 9.07 Å². The Labute approximate surface area is 197 Å². The molecule has 0 saturated carbocycles. The van der Waals surface area contributed by atoms with Crippen LogP contribution in [0.3, 0.4) is 0 Å². The lowest BCUT2D eigenvalue weighted by atomic mass is 9.76. The van der Waals surface area contributed by atoms with Gasteiger partial charge in [0, 0.05) is 17.0 Å². The fourth-order valence-electron chi connectivity index (χ4n) is 4.81. The van der Waals surface area contributed by atoms with Gasteiger partial charge in [0.15, 0.2) is 5.78 Å². The van der Waals surface area contributed by atoms with Crippen LogP contribution in [0, 0.1) is 19.7 Å². The molecule has 4 aromatic rings. The van der Waals surface area contributed by atoms with Crippen LogP contribution in [0.5, 0.6) is 0 Å². The van der Waals surface area contributed by atoms with E-state index in [2.05, 4.69) is 5.32 Å². The van der Waals surface area contributed by atoms with Gasteiger partial charge < -0.3 is 5.32 Å².